The normalized spacial score (nSPS) is 13.2. The first-order chi connectivity index (χ1) is 12.7. The number of amides is 2. The number of hydrogen-bond acceptors (Lipinski definition) is 4. The van der Waals surface area contributed by atoms with Crippen LogP contribution in [-0.2, 0) is 0 Å². The van der Waals surface area contributed by atoms with Crippen LogP contribution in [0, 0.1) is 0 Å². The Morgan fingerprint density at radius 2 is 1.35 bits per heavy atom. The molecule has 0 atom stereocenters. The third-order valence-corrected chi connectivity index (χ3v) is 4.55. The molecule has 2 aromatic carbocycles. The third-order valence-electron chi connectivity index (χ3n) is 4.55. The number of fused-ring (bicyclic) bond motifs is 1. The van der Waals surface area contributed by atoms with Crippen molar-refractivity contribution in [2.75, 3.05) is 18.9 Å². The average molecular weight is 352 g/mol. The molecule has 0 saturated heterocycles. The van der Waals surface area contributed by atoms with Gasteiger partial charge >= 0.3 is 0 Å². The second kappa shape index (κ2) is 8.52. The minimum atomic E-state index is -0.164. The molecule has 2 amide bonds. The molecule has 0 aromatic heterocycles. The third kappa shape index (κ3) is 4.23. The summed E-state index contributed by atoms with van der Waals surface area (Å²) in [5, 5.41) is 0. The van der Waals surface area contributed by atoms with Crippen LogP contribution in [0.25, 0.3) is 0 Å². The predicted octanol–water partition coefficient (Wildman–Crippen LogP) is 3.89. The van der Waals surface area contributed by atoms with E-state index in [-0.39, 0.29) is 11.8 Å². The molecule has 5 nitrogen and oxygen atoms in total. The first-order valence-electron chi connectivity index (χ1n) is 9.10. The van der Waals surface area contributed by atoms with Crippen LogP contribution < -0.4 is 10.5 Å². The number of carbonyl (C=O) groups is 2. The number of nitrogens with zero attached hydrogens (tertiary/aromatic N) is 1. The summed E-state index contributed by atoms with van der Waals surface area (Å²) in [4.78, 5) is 25.9. The second-order valence-electron chi connectivity index (χ2n) is 6.49. The molecule has 0 unspecified atom stereocenters. The fraction of sp³-hybridized carbons (Fsp3) is 0.333. The van der Waals surface area contributed by atoms with Crippen molar-refractivity contribution >= 4 is 17.5 Å². The van der Waals surface area contributed by atoms with Gasteiger partial charge in [0.1, 0.15) is 5.75 Å². The maximum atomic E-state index is 12.2. The van der Waals surface area contributed by atoms with E-state index < -0.39 is 0 Å². The van der Waals surface area contributed by atoms with Gasteiger partial charge in [-0.3, -0.25) is 14.5 Å². The zero-order chi connectivity index (χ0) is 18.4. The van der Waals surface area contributed by atoms with Crippen LogP contribution in [0.4, 0.5) is 5.69 Å². The maximum Gasteiger partial charge on any atom is 0.261 e. The van der Waals surface area contributed by atoms with Crippen LogP contribution in [0.5, 0.6) is 5.75 Å². The molecule has 0 fully saturated rings. The lowest BCUT2D eigenvalue weighted by molar-refractivity contribution is 0.0651. The number of unbranched alkanes of at least 4 members (excludes halogenated alkanes) is 4. The van der Waals surface area contributed by atoms with E-state index in [1.54, 1.807) is 24.3 Å². The average Bonchev–Trinajstić information content (AvgIpc) is 2.90. The summed E-state index contributed by atoms with van der Waals surface area (Å²) in [5.41, 5.74) is 7.42. The fourth-order valence-corrected chi connectivity index (χ4v) is 3.10. The Morgan fingerprint density at radius 1 is 0.769 bits per heavy atom. The number of anilines is 1. The van der Waals surface area contributed by atoms with Crippen LogP contribution in [0.2, 0.25) is 0 Å². The highest BCUT2D eigenvalue weighted by molar-refractivity contribution is 6.21. The number of rotatable bonds is 9. The van der Waals surface area contributed by atoms with Crippen LogP contribution >= 0.6 is 0 Å². The zero-order valence-corrected chi connectivity index (χ0v) is 14.8. The van der Waals surface area contributed by atoms with Crippen LogP contribution in [0.1, 0.15) is 52.8 Å². The molecule has 0 bridgehead atoms. The molecular weight excluding hydrogens is 328 g/mol. The number of benzene rings is 2. The molecule has 2 N–H and O–H groups in total. The molecule has 1 heterocycles. The van der Waals surface area contributed by atoms with Crippen molar-refractivity contribution in [3.8, 4) is 5.75 Å². The van der Waals surface area contributed by atoms with Crippen molar-refractivity contribution in [3.63, 3.8) is 0 Å². The van der Waals surface area contributed by atoms with Crippen LogP contribution in [0.15, 0.2) is 48.5 Å². The first-order valence-corrected chi connectivity index (χ1v) is 9.10. The van der Waals surface area contributed by atoms with Gasteiger partial charge in [-0.25, -0.2) is 0 Å². The summed E-state index contributed by atoms with van der Waals surface area (Å²) in [7, 11) is 0. The number of imide groups is 1. The van der Waals surface area contributed by atoms with Crippen molar-refractivity contribution in [1.29, 1.82) is 0 Å². The van der Waals surface area contributed by atoms with Crippen molar-refractivity contribution in [2.45, 2.75) is 32.1 Å². The molecular formula is C21H24N2O3. The smallest absolute Gasteiger partial charge is 0.261 e. The molecule has 1 aliphatic heterocycles. The van der Waals surface area contributed by atoms with Crippen molar-refractivity contribution in [3.05, 3.63) is 59.7 Å². The highest BCUT2D eigenvalue weighted by atomic mass is 16.5. The highest BCUT2D eigenvalue weighted by Gasteiger charge is 2.34. The Kier molecular flexibility index (Phi) is 5.89. The van der Waals surface area contributed by atoms with Gasteiger partial charge in [0.2, 0.25) is 0 Å². The van der Waals surface area contributed by atoms with Gasteiger partial charge < -0.3 is 10.5 Å². The maximum absolute atomic E-state index is 12.2. The van der Waals surface area contributed by atoms with Gasteiger partial charge in [-0.15, -0.1) is 0 Å². The van der Waals surface area contributed by atoms with E-state index in [2.05, 4.69) is 0 Å². The molecule has 5 heteroatoms. The van der Waals surface area contributed by atoms with Gasteiger partial charge in [0.05, 0.1) is 17.7 Å². The van der Waals surface area contributed by atoms with Crippen molar-refractivity contribution in [2.24, 2.45) is 0 Å². The second-order valence-corrected chi connectivity index (χ2v) is 6.49. The summed E-state index contributed by atoms with van der Waals surface area (Å²) in [6, 6.07) is 14.4. The number of nitrogens with two attached hydrogens (primary N) is 1. The molecule has 0 radical (unpaired) electrons. The van der Waals surface area contributed by atoms with Gasteiger partial charge in [0.25, 0.3) is 11.8 Å². The molecule has 0 spiro atoms. The van der Waals surface area contributed by atoms with Gasteiger partial charge in [0.15, 0.2) is 0 Å². The molecule has 136 valence electrons. The molecule has 1 aliphatic rings. The Balaban J connectivity index is 1.29. The van der Waals surface area contributed by atoms with Crippen LogP contribution in [-0.4, -0.2) is 29.9 Å². The van der Waals surface area contributed by atoms with E-state index >= 15 is 0 Å². The predicted molar refractivity (Wildman–Crippen MR) is 101 cm³/mol. The fourth-order valence-electron chi connectivity index (χ4n) is 3.10. The quantitative estimate of drug-likeness (QED) is 0.422. The number of hydrogen-bond donors (Lipinski definition) is 1. The first kappa shape index (κ1) is 18.0. The Bertz CT molecular complexity index is 736. The van der Waals surface area contributed by atoms with Crippen molar-refractivity contribution < 1.29 is 14.3 Å². The molecule has 0 saturated carbocycles. The summed E-state index contributed by atoms with van der Waals surface area (Å²) in [6.45, 7) is 1.18. The Labute approximate surface area is 153 Å². The molecule has 0 aliphatic carbocycles. The van der Waals surface area contributed by atoms with E-state index in [0.717, 1.165) is 43.5 Å². The number of carbonyl (C=O) groups excluding carboxylic acids is 2. The monoisotopic (exact) mass is 352 g/mol. The number of nitrogen functional groups attached to an aromatic ring is 1. The van der Waals surface area contributed by atoms with Gasteiger partial charge in [0, 0.05) is 12.2 Å². The minimum absolute atomic E-state index is 0.164. The summed E-state index contributed by atoms with van der Waals surface area (Å²) in [6.07, 6.45) is 4.95. The van der Waals surface area contributed by atoms with E-state index in [1.165, 1.54) is 4.90 Å². The van der Waals surface area contributed by atoms with E-state index in [1.807, 2.05) is 24.3 Å². The lowest BCUT2D eigenvalue weighted by Crippen LogP contribution is -2.30. The summed E-state index contributed by atoms with van der Waals surface area (Å²) >= 11 is 0. The van der Waals surface area contributed by atoms with E-state index in [9.17, 15) is 9.59 Å². The summed E-state index contributed by atoms with van der Waals surface area (Å²) in [5.74, 6) is 0.509. The Hall–Kier alpha value is -2.82. The largest absolute Gasteiger partial charge is 0.494 e. The van der Waals surface area contributed by atoms with E-state index in [0.29, 0.717) is 24.3 Å². The zero-order valence-electron chi connectivity index (χ0n) is 14.8. The van der Waals surface area contributed by atoms with Crippen LogP contribution in [0.3, 0.4) is 0 Å². The highest BCUT2D eigenvalue weighted by Crippen LogP contribution is 2.23. The van der Waals surface area contributed by atoms with Gasteiger partial charge in [-0.2, -0.15) is 0 Å². The van der Waals surface area contributed by atoms with Gasteiger partial charge in [-0.05, 0) is 49.2 Å². The molecule has 26 heavy (non-hydrogen) atoms. The SMILES string of the molecule is Nc1ccc(OCCCCCCCN2C(=O)c3ccccc3C2=O)cc1. The molecule has 3 rings (SSSR count). The number of ether oxygens (including phenoxy) is 1. The summed E-state index contributed by atoms with van der Waals surface area (Å²) < 4.78 is 5.66. The standard InChI is InChI=1S/C21H24N2O3/c22-16-10-12-17(13-11-16)26-15-7-3-1-2-6-14-23-20(24)18-8-4-5-9-19(18)21(23)25/h4-5,8-13H,1-3,6-7,14-15,22H2. The minimum Gasteiger partial charge on any atom is -0.494 e. The Morgan fingerprint density at radius 3 is 2.00 bits per heavy atom. The molecule has 2 aromatic rings. The van der Waals surface area contributed by atoms with Gasteiger partial charge in [-0.1, -0.05) is 31.4 Å². The van der Waals surface area contributed by atoms with E-state index in [4.69, 9.17) is 10.5 Å². The van der Waals surface area contributed by atoms with Crippen molar-refractivity contribution in [1.82, 2.24) is 4.90 Å². The lowest BCUT2D eigenvalue weighted by atomic mass is 10.1. The topological polar surface area (TPSA) is 72.6 Å². The lowest BCUT2D eigenvalue weighted by Gasteiger charge is -2.13.